The summed E-state index contributed by atoms with van der Waals surface area (Å²) in [6, 6.07) is 0. The summed E-state index contributed by atoms with van der Waals surface area (Å²) in [6.07, 6.45) is 3.49. The lowest BCUT2D eigenvalue weighted by Gasteiger charge is -2.04. The van der Waals surface area contributed by atoms with Gasteiger partial charge in [0, 0.05) is 0 Å². The van der Waals surface area contributed by atoms with Crippen molar-refractivity contribution in [2.75, 3.05) is 0 Å². The van der Waals surface area contributed by atoms with Gasteiger partial charge in [0.1, 0.15) is 0 Å². The predicted molar refractivity (Wildman–Crippen MR) is 40.4 cm³/mol. The Hall–Kier alpha value is -0.0400. The van der Waals surface area contributed by atoms with Gasteiger partial charge in [0.2, 0.25) is 0 Å². The molecule has 0 saturated heterocycles. The van der Waals surface area contributed by atoms with Crippen molar-refractivity contribution in [2.45, 2.75) is 46.1 Å². The molecule has 1 fully saturated rings. The maximum atomic E-state index is 9.00. The zero-order chi connectivity index (χ0) is 7.28. The van der Waals surface area contributed by atoms with Crippen LogP contribution < -0.4 is 0 Å². The SMILES string of the molecule is CC.CC1CCCC1O. The van der Waals surface area contributed by atoms with Gasteiger partial charge in [-0.3, -0.25) is 0 Å². The summed E-state index contributed by atoms with van der Waals surface area (Å²) in [5.74, 6) is 0.569. The van der Waals surface area contributed by atoms with Gasteiger partial charge >= 0.3 is 0 Å². The molecule has 1 rings (SSSR count). The van der Waals surface area contributed by atoms with Crippen LogP contribution in [0.4, 0.5) is 0 Å². The quantitative estimate of drug-likeness (QED) is 0.533. The van der Waals surface area contributed by atoms with Crippen molar-refractivity contribution in [1.82, 2.24) is 0 Å². The third-order valence-electron chi connectivity index (χ3n) is 1.82. The topological polar surface area (TPSA) is 20.2 Å². The molecule has 1 heteroatoms. The van der Waals surface area contributed by atoms with Gasteiger partial charge in [0.25, 0.3) is 0 Å². The van der Waals surface area contributed by atoms with Crippen LogP contribution in [0, 0.1) is 5.92 Å². The first kappa shape index (κ1) is 8.96. The number of rotatable bonds is 0. The molecule has 0 radical (unpaired) electrons. The minimum Gasteiger partial charge on any atom is -0.393 e. The Kier molecular flexibility index (Phi) is 4.78. The molecule has 1 saturated carbocycles. The van der Waals surface area contributed by atoms with Crippen LogP contribution in [0.1, 0.15) is 40.0 Å². The molecule has 0 aromatic heterocycles. The molecule has 2 unspecified atom stereocenters. The van der Waals surface area contributed by atoms with Crippen LogP contribution >= 0.6 is 0 Å². The molecule has 56 valence electrons. The highest BCUT2D eigenvalue weighted by Gasteiger charge is 2.19. The van der Waals surface area contributed by atoms with Crippen molar-refractivity contribution in [3.8, 4) is 0 Å². The van der Waals surface area contributed by atoms with E-state index in [2.05, 4.69) is 6.92 Å². The van der Waals surface area contributed by atoms with E-state index in [1.165, 1.54) is 12.8 Å². The zero-order valence-electron chi connectivity index (χ0n) is 6.72. The molecule has 0 spiro atoms. The van der Waals surface area contributed by atoms with Crippen LogP contribution in [0.15, 0.2) is 0 Å². The Balaban J connectivity index is 0.000000291. The summed E-state index contributed by atoms with van der Waals surface area (Å²) in [6.45, 7) is 6.11. The van der Waals surface area contributed by atoms with E-state index < -0.39 is 0 Å². The number of hydrogen-bond acceptors (Lipinski definition) is 1. The minimum atomic E-state index is 0.0139. The fourth-order valence-electron chi connectivity index (χ4n) is 1.13. The van der Waals surface area contributed by atoms with Crippen LogP contribution in [-0.4, -0.2) is 11.2 Å². The lowest BCUT2D eigenvalue weighted by Crippen LogP contribution is -2.07. The smallest absolute Gasteiger partial charge is 0.0565 e. The van der Waals surface area contributed by atoms with E-state index in [0.717, 1.165) is 6.42 Å². The Bertz CT molecular complexity index is 53.6. The molecular weight excluding hydrogens is 112 g/mol. The molecule has 0 bridgehead atoms. The molecule has 1 aliphatic rings. The van der Waals surface area contributed by atoms with E-state index in [0.29, 0.717) is 5.92 Å². The van der Waals surface area contributed by atoms with Crippen molar-refractivity contribution in [3.05, 3.63) is 0 Å². The number of aliphatic hydroxyl groups excluding tert-OH is 1. The average molecular weight is 130 g/mol. The van der Waals surface area contributed by atoms with Crippen LogP contribution in [0.3, 0.4) is 0 Å². The average Bonchev–Trinajstić information content (AvgIpc) is 2.23. The molecule has 1 nitrogen and oxygen atoms in total. The van der Waals surface area contributed by atoms with Gasteiger partial charge in [-0.05, 0) is 18.8 Å². The molecule has 1 N–H and O–H groups in total. The summed E-state index contributed by atoms with van der Waals surface area (Å²) in [5.41, 5.74) is 0. The van der Waals surface area contributed by atoms with E-state index in [1.54, 1.807) is 0 Å². The lowest BCUT2D eigenvalue weighted by atomic mass is 10.1. The molecular formula is C8H18O. The van der Waals surface area contributed by atoms with Gasteiger partial charge in [-0.15, -0.1) is 0 Å². The normalized spacial score (nSPS) is 33.3. The summed E-state index contributed by atoms with van der Waals surface area (Å²) in [7, 11) is 0. The fraction of sp³-hybridized carbons (Fsp3) is 1.00. The Labute approximate surface area is 58.1 Å². The Morgan fingerprint density at radius 1 is 1.22 bits per heavy atom. The molecule has 1 aliphatic carbocycles. The van der Waals surface area contributed by atoms with Crippen molar-refractivity contribution in [2.24, 2.45) is 5.92 Å². The third-order valence-corrected chi connectivity index (χ3v) is 1.82. The maximum absolute atomic E-state index is 9.00. The van der Waals surface area contributed by atoms with Gasteiger partial charge in [0.05, 0.1) is 6.10 Å². The van der Waals surface area contributed by atoms with Gasteiger partial charge in [-0.2, -0.15) is 0 Å². The van der Waals surface area contributed by atoms with Gasteiger partial charge in [-0.25, -0.2) is 0 Å². The minimum absolute atomic E-state index is 0.0139. The summed E-state index contributed by atoms with van der Waals surface area (Å²) >= 11 is 0. The largest absolute Gasteiger partial charge is 0.393 e. The maximum Gasteiger partial charge on any atom is 0.0565 e. The number of aliphatic hydroxyl groups is 1. The first-order valence-corrected chi connectivity index (χ1v) is 3.99. The van der Waals surface area contributed by atoms with Gasteiger partial charge in [-0.1, -0.05) is 27.2 Å². The first-order valence-electron chi connectivity index (χ1n) is 3.99. The van der Waals surface area contributed by atoms with Crippen LogP contribution in [0.2, 0.25) is 0 Å². The van der Waals surface area contributed by atoms with E-state index in [-0.39, 0.29) is 6.10 Å². The lowest BCUT2D eigenvalue weighted by molar-refractivity contribution is 0.141. The van der Waals surface area contributed by atoms with Crippen molar-refractivity contribution < 1.29 is 5.11 Å². The summed E-state index contributed by atoms with van der Waals surface area (Å²) in [5, 5.41) is 9.00. The van der Waals surface area contributed by atoms with Crippen LogP contribution in [0.5, 0.6) is 0 Å². The van der Waals surface area contributed by atoms with Crippen LogP contribution in [0.25, 0.3) is 0 Å². The highest BCUT2D eigenvalue weighted by molar-refractivity contribution is 4.71. The monoisotopic (exact) mass is 130 g/mol. The molecule has 9 heavy (non-hydrogen) atoms. The van der Waals surface area contributed by atoms with Crippen LogP contribution in [-0.2, 0) is 0 Å². The second-order valence-electron chi connectivity index (χ2n) is 2.48. The number of hydrogen-bond donors (Lipinski definition) is 1. The van der Waals surface area contributed by atoms with Crippen molar-refractivity contribution in [1.29, 1.82) is 0 Å². The fourth-order valence-corrected chi connectivity index (χ4v) is 1.13. The van der Waals surface area contributed by atoms with E-state index in [1.807, 2.05) is 13.8 Å². The standard InChI is InChI=1S/C6H12O.C2H6/c1-5-3-2-4-6(5)7;1-2/h5-7H,2-4H2,1H3;1-2H3. The summed E-state index contributed by atoms with van der Waals surface area (Å²) in [4.78, 5) is 0. The Morgan fingerprint density at radius 2 is 1.78 bits per heavy atom. The second-order valence-corrected chi connectivity index (χ2v) is 2.48. The molecule has 0 aromatic rings. The van der Waals surface area contributed by atoms with E-state index in [4.69, 9.17) is 5.11 Å². The van der Waals surface area contributed by atoms with Crippen molar-refractivity contribution in [3.63, 3.8) is 0 Å². The molecule has 0 heterocycles. The molecule has 0 aliphatic heterocycles. The van der Waals surface area contributed by atoms with Gasteiger partial charge < -0.3 is 5.11 Å². The molecule has 0 amide bonds. The molecule has 2 atom stereocenters. The highest BCUT2D eigenvalue weighted by atomic mass is 16.3. The predicted octanol–water partition coefficient (Wildman–Crippen LogP) is 2.19. The van der Waals surface area contributed by atoms with E-state index in [9.17, 15) is 0 Å². The molecule has 0 aromatic carbocycles. The highest BCUT2D eigenvalue weighted by Crippen LogP contribution is 2.23. The second kappa shape index (κ2) is 4.80. The van der Waals surface area contributed by atoms with E-state index >= 15 is 0 Å². The zero-order valence-corrected chi connectivity index (χ0v) is 6.72. The van der Waals surface area contributed by atoms with Crippen molar-refractivity contribution >= 4 is 0 Å². The third kappa shape index (κ3) is 2.85. The first-order chi connectivity index (χ1) is 4.30. The Morgan fingerprint density at radius 3 is 1.89 bits per heavy atom. The summed E-state index contributed by atoms with van der Waals surface area (Å²) < 4.78 is 0. The van der Waals surface area contributed by atoms with Gasteiger partial charge in [0.15, 0.2) is 0 Å².